The zero-order chi connectivity index (χ0) is 22.9. The molecule has 0 bridgehead atoms. The molecule has 2 atom stereocenters. The third-order valence-corrected chi connectivity index (χ3v) is 8.54. The molecule has 2 aliphatic carbocycles. The van der Waals surface area contributed by atoms with Crippen molar-refractivity contribution in [1.29, 1.82) is 0 Å². The van der Waals surface area contributed by atoms with E-state index in [0.717, 1.165) is 0 Å². The fourth-order valence-electron chi connectivity index (χ4n) is 3.71. The molecule has 4 rings (SSSR count). The Labute approximate surface area is 189 Å². The van der Waals surface area contributed by atoms with Crippen molar-refractivity contribution in [3.8, 4) is 0 Å². The first kappa shape index (κ1) is 22.8. The van der Waals surface area contributed by atoms with Gasteiger partial charge in [0.15, 0.2) is 15.7 Å². The van der Waals surface area contributed by atoms with Gasteiger partial charge in [0.05, 0.1) is 22.5 Å². The van der Waals surface area contributed by atoms with Crippen LogP contribution in [0.1, 0.15) is 31.2 Å². The van der Waals surface area contributed by atoms with Gasteiger partial charge in [-0.2, -0.15) is 0 Å². The van der Waals surface area contributed by atoms with E-state index < -0.39 is 34.0 Å². The van der Waals surface area contributed by atoms with Crippen molar-refractivity contribution in [3.05, 3.63) is 48.3 Å². The van der Waals surface area contributed by atoms with Gasteiger partial charge in [-0.15, -0.1) is 11.8 Å². The van der Waals surface area contributed by atoms with E-state index in [1.54, 1.807) is 18.2 Å². The Morgan fingerprint density at radius 3 is 2.28 bits per heavy atom. The monoisotopic (exact) mass is 479 g/mol. The zero-order valence-electron chi connectivity index (χ0n) is 17.4. The molecule has 1 heterocycles. The van der Waals surface area contributed by atoms with Gasteiger partial charge in [-0.1, -0.05) is 18.2 Å². The van der Waals surface area contributed by atoms with Crippen LogP contribution in [0.4, 0.5) is 14.6 Å². The van der Waals surface area contributed by atoms with Crippen LogP contribution in [0.2, 0.25) is 0 Å². The highest BCUT2D eigenvalue weighted by Crippen LogP contribution is 2.36. The third-order valence-electron chi connectivity index (χ3n) is 5.63. The number of aromatic nitrogens is 2. The van der Waals surface area contributed by atoms with Crippen molar-refractivity contribution in [2.24, 2.45) is 5.92 Å². The molecule has 0 aliphatic heterocycles. The molecule has 1 amide bonds. The standard InChI is InChI=1S/C22H23F2N3O3S2/c1-31-21-12-25-20(11-26-21)27-22(28)17(8-13-9-18(23)19(24)10-13)14-2-4-15(5-3-14)32(29,30)16-6-7-16/h2-5,8,11-13,16,18-19H,6-7,9-10H2,1H3,(H,25,27,28)/b17-8+. The molecule has 0 spiro atoms. The maximum atomic E-state index is 13.7. The average molecular weight is 480 g/mol. The van der Waals surface area contributed by atoms with Gasteiger partial charge in [-0.3, -0.25) is 4.79 Å². The number of hydrogen-bond acceptors (Lipinski definition) is 6. The number of sulfone groups is 1. The smallest absolute Gasteiger partial charge is 0.257 e. The van der Waals surface area contributed by atoms with Crippen LogP contribution >= 0.6 is 11.8 Å². The Balaban J connectivity index is 1.62. The van der Waals surface area contributed by atoms with Gasteiger partial charge in [-0.25, -0.2) is 27.2 Å². The number of thioether (sulfide) groups is 1. The molecule has 2 fully saturated rings. The van der Waals surface area contributed by atoms with E-state index in [9.17, 15) is 22.0 Å². The molecule has 2 aliphatic rings. The number of rotatable bonds is 7. The molecule has 0 saturated heterocycles. The molecule has 2 aromatic rings. The van der Waals surface area contributed by atoms with Crippen LogP contribution in [0.3, 0.4) is 0 Å². The highest BCUT2D eigenvalue weighted by Gasteiger charge is 2.37. The molecule has 2 unspecified atom stereocenters. The molecule has 6 nitrogen and oxygen atoms in total. The Morgan fingerprint density at radius 2 is 1.75 bits per heavy atom. The lowest BCUT2D eigenvalue weighted by Crippen LogP contribution is -2.16. The first-order chi connectivity index (χ1) is 15.3. The molecule has 1 aromatic heterocycles. The third kappa shape index (κ3) is 5.01. The van der Waals surface area contributed by atoms with Crippen molar-refractivity contribution < 1.29 is 22.0 Å². The SMILES string of the molecule is CSc1cnc(NC(=O)/C(=C/C2CC(F)C(F)C2)c2ccc(S(=O)(=O)C3CC3)cc2)cn1. The summed E-state index contributed by atoms with van der Waals surface area (Å²) < 4.78 is 52.3. The number of carbonyl (C=O) groups is 1. The van der Waals surface area contributed by atoms with Crippen LogP contribution in [0, 0.1) is 5.92 Å². The highest BCUT2D eigenvalue weighted by molar-refractivity contribution is 7.98. The number of halogens is 2. The number of carbonyl (C=O) groups excluding carboxylic acids is 1. The number of allylic oxidation sites excluding steroid dienone is 1. The van der Waals surface area contributed by atoms with E-state index in [0.29, 0.717) is 23.4 Å². The molecule has 1 aromatic carbocycles. The van der Waals surface area contributed by atoms with Crippen LogP contribution in [0.15, 0.2) is 52.7 Å². The van der Waals surface area contributed by atoms with Crippen LogP contribution in [0.5, 0.6) is 0 Å². The molecule has 170 valence electrons. The molecule has 32 heavy (non-hydrogen) atoms. The maximum Gasteiger partial charge on any atom is 0.257 e. The fraction of sp³-hybridized carbons (Fsp3) is 0.409. The molecule has 10 heteroatoms. The van der Waals surface area contributed by atoms with E-state index in [2.05, 4.69) is 15.3 Å². The first-order valence-electron chi connectivity index (χ1n) is 10.3. The molecule has 2 saturated carbocycles. The minimum absolute atomic E-state index is 0.00564. The van der Waals surface area contributed by atoms with Crippen LogP contribution in [-0.2, 0) is 14.6 Å². The second kappa shape index (κ2) is 9.27. The largest absolute Gasteiger partial charge is 0.305 e. The van der Waals surface area contributed by atoms with E-state index in [4.69, 9.17) is 0 Å². The van der Waals surface area contributed by atoms with Crippen molar-refractivity contribution >= 4 is 38.9 Å². The summed E-state index contributed by atoms with van der Waals surface area (Å²) in [6, 6.07) is 6.06. The quantitative estimate of drug-likeness (QED) is 0.472. The Morgan fingerprint density at radius 1 is 1.09 bits per heavy atom. The lowest BCUT2D eigenvalue weighted by molar-refractivity contribution is -0.111. The minimum Gasteiger partial charge on any atom is -0.305 e. The first-order valence-corrected chi connectivity index (χ1v) is 13.1. The number of benzene rings is 1. The van der Waals surface area contributed by atoms with Crippen molar-refractivity contribution in [1.82, 2.24) is 9.97 Å². The van der Waals surface area contributed by atoms with Gasteiger partial charge in [0, 0.05) is 5.57 Å². The minimum atomic E-state index is -3.36. The Bertz CT molecular complexity index is 1110. The highest BCUT2D eigenvalue weighted by atomic mass is 32.2. The van der Waals surface area contributed by atoms with Crippen molar-refractivity contribution in [2.45, 2.75) is 53.2 Å². The molecular weight excluding hydrogens is 456 g/mol. The lowest BCUT2D eigenvalue weighted by atomic mass is 9.98. The van der Waals surface area contributed by atoms with Crippen LogP contribution < -0.4 is 5.32 Å². The number of alkyl halides is 2. The molecule has 0 radical (unpaired) electrons. The summed E-state index contributed by atoms with van der Waals surface area (Å²) in [4.78, 5) is 21.6. The maximum absolute atomic E-state index is 13.7. The van der Waals surface area contributed by atoms with Crippen molar-refractivity contribution in [2.75, 3.05) is 11.6 Å². The second-order valence-electron chi connectivity index (χ2n) is 8.01. The van der Waals surface area contributed by atoms with Crippen molar-refractivity contribution in [3.63, 3.8) is 0 Å². The normalized spacial score (nSPS) is 23.8. The summed E-state index contributed by atoms with van der Waals surface area (Å²) in [5, 5.41) is 3.02. The Hall–Kier alpha value is -2.33. The van der Waals surface area contributed by atoms with E-state index >= 15 is 0 Å². The fourth-order valence-corrected chi connectivity index (χ4v) is 5.68. The van der Waals surface area contributed by atoms with E-state index in [1.807, 2.05) is 6.26 Å². The average Bonchev–Trinajstić information content (AvgIpc) is 3.59. The van der Waals surface area contributed by atoms with E-state index in [1.165, 1.54) is 36.3 Å². The predicted molar refractivity (Wildman–Crippen MR) is 120 cm³/mol. The lowest BCUT2D eigenvalue weighted by Gasteiger charge is -2.12. The predicted octanol–water partition coefficient (Wildman–Crippen LogP) is 4.24. The summed E-state index contributed by atoms with van der Waals surface area (Å²) in [5.74, 6) is -0.711. The zero-order valence-corrected chi connectivity index (χ0v) is 19.0. The molecule has 1 N–H and O–H groups in total. The van der Waals surface area contributed by atoms with Gasteiger partial charge in [0.1, 0.15) is 17.4 Å². The summed E-state index contributed by atoms with van der Waals surface area (Å²) in [6.07, 6.45) is 4.56. The van der Waals surface area contributed by atoms with E-state index in [-0.39, 0.29) is 34.4 Å². The number of nitrogens with zero attached hydrogens (tertiary/aromatic N) is 2. The van der Waals surface area contributed by atoms with Gasteiger partial charge in [0.2, 0.25) is 0 Å². The summed E-state index contributed by atoms with van der Waals surface area (Å²) in [6.45, 7) is 0. The van der Waals surface area contributed by atoms with Gasteiger partial charge in [0.25, 0.3) is 5.91 Å². The van der Waals surface area contributed by atoms with Gasteiger partial charge >= 0.3 is 0 Å². The van der Waals surface area contributed by atoms with Crippen LogP contribution in [-0.4, -0.2) is 48.1 Å². The summed E-state index contributed by atoms with van der Waals surface area (Å²) in [5.41, 5.74) is 0.672. The number of anilines is 1. The van der Waals surface area contributed by atoms with Gasteiger partial charge < -0.3 is 5.32 Å². The number of hydrogen-bond donors (Lipinski definition) is 1. The van der Waals surface area contributed by atoms with Gasteiger partial charge in [-0.05, 0) is 55.6 Å². The molecular formula is C22H23F2N3O3S2. The number of nitrogens with one attached hydrogen (secondary N) is 1. The number of amides is 1. The second-order valence-corrected chi connectivity index (χ2v) is 11.1. The topological polar surface area (TPSA) is 89.0 Å². The summed E-state index contributed by atoms with van der Waals surface area (Å²) >= 11 is 1.41. The summed E-state index contributed by atoms with van der Waals surface area (Å²) in [7, 11) is -3.36. The Kier molecular flexibility index (Phi) is 6.62. The van der Waals surface area contributed by atoms with Crippen LogP contribution in [0.25, 0.3) is 5.57 Å².